The summed E-state index contributed by atoms with van der Waals surface area (Å²) in [5.74, 6) is 0. The second-order valence-electron chi connectivity index (χ2n) is 5.10. The van der Waals surface area contributed by atoms with Gasteiger partial charge in [0.25, 0.3) is 0 Å². The number of aliphatic hydroxyl groups is 1. The lowest BCUT2D eigenvalue weighted by molar-refractivity contribution is 0.127. The van der Waals surface area contributed by atoms with Crippen molar-refractivity contribution in [1.29, 1.82) is 0 Å². The van der Waals surface area contributed by atoms with Crippen LogP contribution in [0.15, 0.2) is 36.5 Å². The highest BCUT2D eigenvalue weighted by Crippen LogP contribution is 2.28. The minimum Gasteiger partial charge on any atom is -0.396 e. The van der Waals surface area contributed by atoms with Crippen molar-refractivity contribution in [2.24, 2.45) is 5.41 Å². The maximum Gasteiger partial charge on any atom is 0.0933 e. The Balaban J connectivity index is 2.22. The van der Waals surface area contributed by atoms with Gasteiger partial charge >= 0.3 is 0 Å². The predicted molar refractivity (Wildman–Crippen MR) is 80.3 cm³/mol. The molecule has 3 heteroatoms. The van der Waals surface area contributed by atoms with E-state index in [1.807, 2.05) is 24.4 Å². The number of aromatic nitrogens is 1. The summed E-state index contributed by atoms with van der Waals surface area (Å²) >= 11 is 0. The van der Waals surface area contributed by atoms with E-state index in [9.17, 15) is 5.11 Å². The molecule has 2 rings (SSSR count). The summed E-state index contributed by atoms with van der Waals surface area (Å²) in [4.78, 5) is 4.43. The molecule has 0 amide bonds. The van der Waals surface area contributed by atoms with E-state index < -0.39 is 0 Å². The van der Waals surface area contributed by atoms with Crippen LogP contribution in [-0.2, 0) is 0 Å². The van der Waals surface area contributed by atoms with Crippen molar-refractivity contribution >= 4 is 16.6 Å². The highest BCUT2D eigenvalue weighted by molar-refractivity contribution is 5.90. The molecule has 0 saturated heterocycles. The Kier molecular flexibility index (Phi) is 4.38. The maximum absolute atomic E-state index is 9.61. The van der Waals surface area contributed by atoms with Gasteiger partial charge in [-0.05, 0) is 25.0 Å². The van der Waals surface area contributed by atoms with Gasteiger partial charge in [-0.15, -0.1) is 0 Å². The van der Waals surface area contributed by atoms with Gasteiger partial charge in [-0.1, -0.05) is 32.0 Å². The molecule has 1 aromatic heterocycles. The van der Waals surface area contributed by atoms with Gasteiger partial charge in [-0.3, -0.25) is 4.98 Å². The number of nitrogens with zero attached hydrogens (tertiary/aromatic N) is 1. The zero-order chi connectivity index (χ0) is 13.7. The summed E-state index contributed by atoms with van der Waals surface area (Å²) in [6.45, 7) is 5.24. The smallest absolute Gasteiger partial charge is 0.0933 e. The van der Waals surface area contributed by atoms with E-state index in [0.29, 0.717) is 0 Å². The summed E-state index contributed by atoms with van der Waals surface area (Å²) in [6.07, 6.45) is 3.74. The number of hydrogen-bond acceptors (Lipinski definition) is 3. The first-order chi connectivity index (χ1) is 9.24. The Morgan fingerprint density at radius 2 is 1.89 bits per heavy atom. The molecule has 0 radical (unpaired) electrons. The van der Waals surface area contributed by atoms with Crippen molar-refractivity contribution < 1.29 is 5.11 Å². The Bertz CT molecular complexity index is 522. The molecule has 0 aliphatic heterocycles. The largest absolute Gasteiger partial charge is 0.396 e. The number of nitrogens with one attached hydrogen (secondary N) is 1. The van der Waals surface area contributed by atoms with Crippen LogP contribution in [-0.4, -0.2) is 23.2 Å². The van der Waals surface area contributed by atoms with E-state index in [1.165, 1.54) is 0 Å². The van der Waals surface area contributed by atoms with Crippen molar-refractivity contribution in [2.45, 2.75) is 26.7 Å². The first kappa shape index (κ1) is 13.8. The molecule has 0 saturated carbocycles. The summed E-state index contributed by atoms with van der Waals surface area (Å²) in [7, 11) is 0. The van der Waals surface area contributed by atoms with E-state index in [4.69, 9.17) is 0 Å². The second-order valence-corrected chi connectivity index (χ2v) is 5.10. The quantitative estimate of drug-likeness (QED) is 0.834. The third-order valence-electron chi connectivity index (χ3n) is 4.12. The summed E-state index contributed by atoms with van der Waals surface area (Å²) in [5, 5.41) is 14.2. The van der Waals surface area contributed by atoms with E-state index in [2.05, 4.69) is 36.3 Å². The van der Waals surface area contributed by atoms with Crippen molar-refractivity contribution in [2.75, 3.05) is 18.5 Å². The number of pyridine rings is 1. The lowest BCUT2D eigenvalue weighted by atomic mass is 9.83. The molecule has 19 heavy (non-hydrogen) atoms. The van der Waals surface area contributed by atoms with Gasteiger partial charge in [0.15, 0.2) is 0 Å². The number of hydrogen-bond donors (Lipinski definition) is 2. The van der Waals surface area contributed by atoms with E-state index in [1.54, 1.807) is 0 Å². The Morgan fingerprint density at radius 3 is 2.58 bits per heavy atom. The predicted octanol–water partition coefficient (Wildman–Crippen LogP) is 3.45. The first-order valence-corrected chi connectivity index (χ1v) is 6.93. The number of rotatable bonds is 6. The molecule has 0 spiro atoms. The Morgan fingerprint density at radius 1 is 1.16 bits per heavy atom. The van der Waals surface area contributed by atoms with Crippen LogP contribution < -0.4 is 5.32 Å². The van der Waals surface area contributed by atoms with Crippen LogP contribution >= 0.6 is 0 Å². The van der Waals surface area contributed by atoms with E-state index >= 15 is 0 Å². The molecule has 0 bridgehead atoms. The van der Waals surface area contributed by atoms with Gasteiger partial charge in [0, 0.05) is 23.5 Å². The molecule has 2 aromatic rings. The molecule has 2 N–H and O–H groups in total. The van der Waals surface area contributed by atoms with Crippen LogP contribution in [0.5, 0.6) is 0 Å². The average Bonchev–Trinajstić information content (AvgIpc) is 2.49. The van der Waals surface area contributed by atoms with E-state index in [-0.39, 0.29) is 12.0 Å². The highest BCUT2D eigenvalue weighted by Gasteiger charge is 2.25. The van der Waals surface area contributed by atoms with Gasteiger partial charge in [-0.25, -0.2) is 0 Å². The van der Waals surface area contributed by atoms with Crippen LogP contribution in [0.25, 0.3) is 10.9 Å². The van der Waals surface area contributed by atoms with Crippen LogP contribution in [0.3, 0.4) is 0 Å². The fraction of sp³-hybridized carbons (Fsp3) is 0.438. The number of para-hydroxylation sites is 1. The summed E-state index contributed by atoms with van der Waals surface area (Å²) < 4.78 is 0. The van der Waals surface area contributed by atoms with E-state index in [0.717, 1.165) is 36.0 Å². The molecule has 1 heterocycles. The molecular formula is C16H22N2O. The summed E-state index contributed by atoms with van der Waals surface area (Å²) in [6, 6.07) is 10.1. The molecule has 0 fully saturated rings. The first-order valence-electron chi connectivity index (χ1n) is 6.93. The number of benzene rings is 1. The Labute approximate surface area is 114 Å². The number of anilines is 1. The van der Waals surface area contributed by atoms with Crippen molar-refractivity contribution in [1.82, 2.24) is 4.98 Å². The second kappa shape index (κ2) is 6.02. The van der Waals surface area contributed by atoms with Crippen LogP contribution in [0.2, 0.25) is 0 Å². The number of aliphatic hydroxyl groups excluding tert-OH is 1. The minimum atomic E-state index is -0.0447. The molecule has 102 valence electrons. The third kappa shape index (κ3) is 2.87. The van der Waals surface area contributed by atoms with Crippen molar-refractivity contribution in [3.63, 3.8) is 0 Å². The van der Waals surface area contributed by atoms with Crippen molar-refractivity contribution in [3.05, 3.63) is 36.5 Å². The Hall–Kier alpha value is -1.61. The van der Waals surface area contributed by atoms with Crippen LogP contribution in [0, 0.1) is 5.41 Å². The monoisotopic (exact) mass is 258 g/mol. The zero-order valence-corrected chi connectivity index (χ0v) is 11.7. The zero-order valence-electron chi connectivity index (χ0n) is 11.7. The van der Waals surface area contributed by atoms with Gasteiger partial charge in [0.05, 0.1) is 17.8 Å². The summed E-state index contributed by atoms with van der Waals surface area (Å²) in [5.41, 5.74) is 1.98. The van der Waals surface area contributed by atoms with Gasteiger partial charge in [-0.2, -0.15) is 0 Å². The van der Waals surface area contributed by atoms with Gasteiger partial charge in [0.1, 0.15) is 0 Å². The number of fused-ring (bicyclic) bond motifs is 1. The third-order valence-corrected chi connectivity index (χ3v) is 4.12. The lowest BCUT2D eigenvalue weighted by Crippen LogP contribution is -2.32. The molecule has 3 nitrogen and oxygen atoms in total. The SMILES string of the molecule is CCC(CC)(CO)CNc1cccc2cccnc12. The molecule has 1 aromatic carbocycles. The van der Waals surface area contributed by atoms with Gasteiger partial charge < -0.3 is 10.4 Å². The molecule has 0 aliphatic carbocycles. The normalized spacial score (nSPS) is 11.7. The standard InChI is InChI=1S/C16H22N2O/c1-3-16(4-2,12-19)11-18-14-9-5-7-13-8-6-10-17-15(13)14/h5-10,18-19H,3-4,11-12H2,1-2H3. The minimum absolute atomic E-state index is 0.0447. The lowest BCUT2D eigenvalue weighted by Gasteiger charge is -2.30. The highest BCUT2D eigenvalue weighted by atomic mass is 16.3. The molecule has 0 atom stereocenters. The fourth-order valence-electron chi connectivity index (χ4n) is 2.31. The molecular weight excluding hydrogens is 236 g/mol. The topological polar surface area (TPSA) is 45.1 Å². The van der Waals surface area contributed by atoms with Gasteiger partial charge in [0.2, 0.25) is 0 Å². The molecule has 0 unspecified atom stereocenters. The maximum atomic E-state index is 9.61. The van der Waals surface area contributed by atoms with Crippen molar-refractivity contribution in [3.8, 4) is 0 Å². The average molecular weight is 258 g/mol. The van der Waals surface area contributed by atoms with Crippen LogP contribution in [0.4, 0.5) is 5.69 Å². The molecule has 0 aliphatic rings. The van der Waals surface area contributed by atoms with Crippen LogP contribution in [0.1, 0.15) is 26.7 Å². The fourth-order valence-corrected chi connectivity index (χ4v) is 2.31.